The first-order chi connectivity index (χ1) is 16.7. The molecule has 188 valence electrons. The van der Waals surface area contributed by atoms with Gasteiger partial charge in [0.15, 0.2) is 0 Å². The van der Waals surface area contributed by atoms with Crippen molar-refractivity contribution in [3.63, 3.8) is 0 Å². The number of fused-ring (bicyclic) bond motifs is 3. The van der Waals surface area contributed by atoms with E-state index in [0.717, 1.165) is 22.3 Å². The Kier molecular flexibility index (Phi) is 8.54. The van der Waals surface area contributed by atoms with Gasteiger partial charge in [0.05, 0.1) is 11.8 Å². The second-order valence-corrected chi connectivity index (χ2v) is 9.59. The van der Waals surface area contributed by atoms with E-state index in [0.29, 0.717) is 12.8 Å². The van der Waals surface area contributed by atoms with E-state index in [1.54, 1.807) is 0 Å². The lowest BCUT2D eigenvalue weighted by Gasteiger charge is -2.33. The molecule has 35 heavy (non-hydrogen) atoms. The molecule has 0 aliphatic heterocycles. The number of carboxylic acid groups (broad SMARTS) is 1. The van der Waals surface area contributed by atoms with Gasteiger partial charge in [0, 0.05) is 18.5 Å². The zero-order valence-electron chi connectivity index (χ0n) is 21.0. The van der Waals surface area contributed by atoms with Crippen molar-refractivity contribution in [2.45, 2.75) is 58.9 Å². The summed E-state index contributed by atoms with van der Waals surface area (Å²) in [6.45, 7) is 7.85. The van der Waals surface area contributed by atoms with Crippen LogP contribution in [0, 0.1) is 11.3 Å². The predicted molar refractivity (Wildman–Crippen MR) is 135 cm³/mol. The molecule has 0 bridgehead atoms. The third-order valence-corrected chi connectivity index (χ3v) is 7.27. The molecule has 2 aromatic carbocycles. The highest BCUT2D eigenvalue weighted by Crippen LogP contribution is 2.44. The second kappa shape index (κ2) is 11.4. The lowest BCUT2D eigenvalue weighted by atomic mass is 9.80. The molecular weight excluding hydrogens is 444 g/mol. The van der Waals surface area contributed by atoms with E-state index in [-0.39, 0.29) is 37.3 Å². The fourth-order valence-corrected chi connectivity index (χ4v) is 4.76. The highest BCUT2D eigenvalue weighted by Gasteiger charge is 2.37. The molecular formula is C28H36N2O5. The molecule has 0 unspecified atom stereocenters. The van der Waals surface area contributed by atoms with Crippen molar-refractivity contribution in [1.29, 1.82) is 0 Å². The Labute approximate surface area is 207 Å². The molecule has 0 radical (unpaired) electrons. The van der Waals surface area contributed by atoms with Gasteiger partial charge in [-0.05, 0) is 41.0 Å². The summed E-state index contributed by atoms with van der Waals surface area (Å²) in [4.78, 5) is 37.0. The number of benzene rings is 2. The van der Waals surface area contributed by atoms with Gasteiger partial charge in [0.25, 0.3) is 0 Å². The van der Waals surface area contributed by atoms with Gasteiger partial charge in [0.2, 0.25) is 5.91 Å². The average molecular weight is 481 g/mol. The maximum absolute atomic E-state index is 13.2. The van der Waals surface area contributed by atoms with Gasteiger partial charge >= 0.3 is 12.1 Å². The average Bonchev–Trinajstić information content (AvgIpc) is 3.16. The molecule has 3 rings (SSSR count). The molecule has 2 amide bonds. The molecule has 1 aliphatic rings. The van der Waals surface area contributed by atoms with Crippen LogP contribution in [0.3, 0.4) is 0 Å². The largest absolute Gasteiger partial charge is 0.481 e. The summed E-state index contributed by atoms with van der Waals surface area (Å²) >= 11 is 0. The van der Waals surface area contributed by atoms with E-state index in [4.69, 9.17) is 4.74 Å². The number of ether oxygens (including phenoxy) is 1. The minimum atomic E-state index is -0.959. The number of alkyl carbamates (subject to hydrolysis) is 1. The van der Waals surface area contributed by atoms with Crippen LogP contribution in [-0.4, -0.2) is 42.3 Å². The number of amides is 2. The van der Waals surface area contributed by atoms with Crippen LogP contribution in [0.1, 0.15) is 64.0 Å². The summed E-state index contributed by atoms with van der Waals surface area (Å²) < 4.78 is 5.62. The van der Waals surface area contributed by atoms with Crippen LogP contribution < -0.4 is 10.6 Å². The van der Waals surface area contributed by atoms with E-state index in [2.05, 4.69) is 34.9 Å². The summed E-state index contributed by atoms with van der Waals surface area (Å²) in [6, 6.07) is 15.8. The fourth-order valence-electron chi connectivity index (χ4n) is 4.76. The Morgan fingerprint density at radius 2 is 1.51 bits per heavy atom. The Bertz CT molecular complexity index is 1020. The van der Waals surface area contributed by atoms with E-state index in [1.807, 2.05) is 52.0 Å². The van der Waals surface area contributed by atoms with Crippen molar-refractivity contribution in [2.75, 3.05) is 13.2 Å². The molecule has 0 heterocycles. The molecule has 0 aromatic heterocycles. The van der Waals surface area contributed by atoms with Crippen LogP contribution in [0.15, 0.2) is 48.5 Å². The maximum atomic E-state index is 13.2. The van der Waals surface area contributed by atoms with Gasteiger partial charge < -0.3 is 20.5 Å². The van der Waals surface area contributed by atoms with Crippen LogP contribution in [0.2, 0.25) is 0 Å². The zero-order valence-corrected chi connectivity index (χ0v) is 21.0. The van der Waals surface area contributed by atoms with E-state index >= 15 is 0 Å². The van der Waals surface area contributed by atoms with Crippen molar-refractivity contribution in [1.82, 2.24) is 10.6 Å². The molecule has 0 saturated carbocycles. The van der Waals surface area contributed by atoms with Crippen molar-refractivity contribution in [3.05, 3.63) is 59.7 Å². The number of aliphatic carboxylic acids is 1. The summed E-state index contributed by atoms with van der Waals surface area (Å²) in [5.41, 5.74) is 3.74. The lowest BCUT2D eigenvalue weighted by Crippen LogP contribution is -2.52. The topological polar surface area (TPSA) is 105 Å². The van der Waals surface area contributed by atoms with Crippen molar-refractivity contribution < 1.29 is 24.2 Å². The predicted octanol–water partition coefficient (Wildman–Crippen LogP) is 4.95. The molecule has 0 spiro atoms. The number of carbonyl (C=O) groups is 3. The monoisotopic (exact) mass is 480 g/mol. The summed E-state index contributed by atoms with van der Waals surface area (Å²) in [5, 5.41) is 14.9. The number of rotatable bonds is 11. The highest BCUT2D eigenvalue weighted by atomic mass is 16.5. The second-order valence-electron chi connectivity index (χ2n) is 9.59. The summed E-state index contributed by atoms with van der Waals surface area (Å²) in [5.74, 6) is -1.28. The Balaban J connectivity index is 1.63. The molecule has 3 N–H and O–H groups in total. The minimum absolute atomic E-state index is 0.0310. The normalized spacial score (nSPS) is 13.6. The van der Waals surface area contributed by atoms with Crippen molar-refractivity contribution in [3.8, 4) is 11.1 Å². The Hall–Kier alpha value is -3.35. The van der Waals surface area contributed by atoms with Gasteiger partial charge in [-0.15, -0.1) is 0 Å². The number of carboxylic acids is 1. The van der Waals surface area contributed by atoms with Crippen molar-refractivity contribution in [2.24, 2.45) is 11.3 Å². The SMILES string of the molecule is CCC(CC)(CNC(=O)OCC1c2ccccc2-c2ccccc21)C(=O)N[C@@H](CC(=O)O)C(C)C. The zero-order chi connectivity index (χ0) is 25.6. The van der Waals surface area contributed by atoms with Crippen LogP contribution in [0.25, 0.3) is 11.1 Å². The van der Waals surface area contributed by atoms with E-state index in [9.17, 15) is 19.5 Å². The van der Waals surface area contributed by atoms with Gasteiger partial charge in [-0.3, -0.25) is 9.59 Å². The summed E-state index contributed by atoms with van der Waals surface area (Å²) in [6.07, 6.45) is 0.275. The van der Waals surface area contributed by atoms with Crippen LogP contribution in [0.5, 0.6) is 0 Å². The van der Waals surface area contributed by atoms with E-state index < -0.39 is 23.5 Å². The van der Waals surface area contributed by atoms with Gasteiger partial charge in [0.1, 0.15) is 6.61 Å². The van der Waals surface area contributed by atoms with Gasteiger partial charge in [-0.25, -0.2) is 4.79 Å². The quantitative estimate of drug-likeness (QED) is 0.422. The third-order valence-electron chi connectivity index (χ3n) is 7.27. The minimum Gasteiger partial charge on any atom is -0.481 e. The first-order valence-corrected chi connectivity index (χ1v) is 12.3. The fraction of sp³-hybridized carbons (Fsp3) is 0.464. The number of carbonyl (C=O) groups excluding carboxylic acids is 2. The van der Waals surface area contributed by atoms with Gasteiger partial charge in [-0.2, -0.15) is 0 Å². The Morgan fingerprint density at radius 3 is 2.00 bits per heavy atom. The molecule has 0 saturated heterocycles. The molecule has 7 nitrogen and oxygen atoms in total. The Morgan fingerprint density at radius 1 is 0.971 bits per heavy atom. The number of nitrogens with one attached hydrogen (secondary N) is 2. The lowest BCUT2D eigenvalue weighted by molar-refractivity contribution is -0.138. The molecule has 1 aliphatic carbocycles. The molecule has 2 aromatic rings. The van der Waals surface area contributed by atoms with E-state index in [1.165, 1.54) is 0 Å². The molecule has 7 heteroatoms. The number of hydrogen-bond donors (Lipinski definition) is 3. The van der Waals surface area contributed by atoms with Crippen LogP contribution in [0.4, 0.5) is 4.79 Å². The van der Waals surface area contributed by atoms with Crippen LogP contribution >= 0.6 is 0 Å². The standard InChI is InChI=1S/C28H36N2O5/c1-5-28(6-2,26(33)30-24(18(3)4)15-25(31)32)17-29-27(34)35-16-23-21-13-9-7-11-19(21)20-12-8-10-14-22(20)23/h7-14,18,23-24H,5-6,15-17H2,1-4H3,(H,29,34)(H,30,33)(H,31,32)/t24-/m0/s1. The molecule has 1 atom stereocenters. The van der Waals surface area contributed by atoms with Crippen LogP contribution in [-0.2, 0) is 14.3 Å². The first-order valence-electron chi connectivity index (χ1n) is 12.3. The maximum Gasteiger partial charge on any atom is 0.407 e. The number of hydrogen-bond acceptors (Lipinski definition) is 4. The van der Waals surface area contributed by atoms with Gasteiger partial charge in [-0.1, -0.05) is 76.2 Å². The smallest absolute Gasteiger partial charge is 0.407 e. The highest BCUT2D eigenvalue weighted by molar-refractivity contribution is 5.84. The van der Waals surface area contributed by atoms with Crippen molar-refractivity contribution >= 4 is 18.0 Å². The third kappa shape index (κ3) is 5.84. The molecule has 0 fully saturated rings. The summed E-state index contributed by atoms with van der Waals surface area (Å²) in [7, 11) is 0. The first kappa shape index (κ1) is 26.3.